The second-order valence-corrected chi connectivity index (χ2v) is 9.59. The van der Waals surface area contributed by atoms with Gasteiger partial charge >= 0.3 is 6.09 Å². The Bertz CT molecular complexity index is 590. The second-order valence-electron chi connectivity index (χ2n) is 9.59. The number of likely N-dealkylation sites (tertiary alicyclic amines) is 1. The molecule has 1 aliphatic rings. The summed E-state index contributed by atoms with van der Waals surface area (Å²) in [6.45, 7) is 17.7. The van der Waals surface area contributed by atoms with Gasteiger partial charge in [-0.3, -0.25) is 9.79 Å². The molecule has 0 spiro atoms. The van der Waals surface area contributed by atoms with Crippen LogP contribution in [0.3, 0.4) is 0 Å². The van der Waals surface area contributed by atoms with Gasteiger partial charge in [-0.1, -0.05) is 0 Å². The Labute approximate surface area is 182 Å². The fraction of sp³-hybridized carbons (Fsp3) is 0.864. The van der Waals surface area contributed by atoms with Crippen LogP contribution in [0.1, 0.15) is 61.3 Å². The minimum atomic E-state index is -0.515. The number of amides is 2. The molecule has 0 saturated carbocycles. The summed E-state index contributed by atoms with van der Waals surface area (Å²) < 4.78 is 5.52. The van der Waals surface area contributed by atoms with E-state index in [0.29, 0.717) is 25.6 Å². The number of nitrogens with one attached hydrogen (secondary N) is 2. The summed E-state index contributed by atoms with van der Waals surface area (Å²) >= 11 is 0. The summed E-state index contributed by atoms with van der Waals surface area (Å²) in [5, 5.41) is 6.24. The Balaban J connectivity index is 2.55. The fourth-order valence-corrected chi connectivity index (χ4v) is 3.41. The van der Waals surface area contributed by atoms with Crippen LogP contribution in [0.2, 0.25) is 0 Å². The first-order valence-electron chi connectivity index (χ1n) is 11.1. The molecule has 0 aliphatic carbocycles. The van der Waals surface area contributed by atoms with Crippen molar-refractivity contribution in [3.05, 3.63) is 0 Å². The molecule has 0 aromatic heterocycles. The second kappa shape index (κ2) is 11.4. The van der Waals surface area contributed by atoms with Crippen LogP contribution >= 0.6 is 0 Å². The zero-order valence-electron chi connectivity index (χ0n) is 20.3. The highest BCUT2D eigenvalue weighted by atomic mass is 16.6. The van der Waals surface area contributed by atoms with Crippen LogP contribution in [0.5, 0.6) is 0 Å². The maximum Gasteiger partial charge on any atom is 0.410 e. The smallest absolute Gasteiger partial charge is 0.410 e. The molecule has 2 amide bonds. The highest BCUT2D eigenvalue weighted by Gasteiger charge is 2.30. The van der Waals surface area contributed by atoms with Crippen LogP contribution in [-0.2, 0) is 9.53 Å². The number of ether oxygens (including phenoxy) is 1. The lowest BCUT2D eigenvalue weighted by Crippen LogP contribution is -2.51. The van der Waals surface area contributed by atoms with E-state index in [9.17, 15) is 9.59 Å². The van der Waals surface area contributed by atoms with Crippen LogP contribution < -0.4 is 10.6 Å². The van der Waals surface area contributed by atoms with E-state index in [1.165, 1.54) is 0 Å². The molecule has 0 unspecified atom stereocenters. The van der Waals surface area contributed by atoms with Crippen LogP contribution in [-0.4, -0.2) is 79.7 Å². The van der Waals surface area contributed by atoms with Gasteiger partial charge in [0.05, 0.1) is 5.41 Å². The van der Waals surface area contributed by atoms with Crippen molar-refractivity contribution in [3.8, 4) is 0 Å². The van der Waals surface area contributed by atoms with E-state index >= 15 is 0 Å². The summed E-state index contributed by atoms with van der Waals surface area (Å²) in [5.74, 6) is 1.30. The van der Waals surface area contributed by atoms with Crippen LogP contribution in [0, 0.1) is 11.3 Å². The summed E-state index contributed by atoms with van der Waals surface area (Å²) in [4.78, 5) is 33.0. The molecule has 30 heavy (non-hydrogen) atoms. The number of hydrogen-bond acceptors (Lipinski definition) is 4. The highest BCUT2D eigenvalue weighted by Crippen LogP contribution is 2.20. The lowest BCUT2D eigenvalue weighted by Gasteiger charge is -2.37. The molecule has 0 atom stereocenters. The van der Waals surface area contributed by atoms with E-state index < -0.39 is 11.0 Å². The molecule has 1 heterocycles. The van der Waals surface area contributed by atoms with E-state index in [4.69, 9.17) is 4.74 Å². The zero-order valence-corrected chi connectivity index (χ0v) is 20.3. The molecule has 1 fully saturated rings. The van der Waals surface area contributed by atoms with Crippen molar-refractivity contribution in [2.45, 2.75) is 66.9 Å². The third kappa shape index (κ3) is 8.40. The SMILES string of the molecule is CCNC(=O)C(C)(C)CNC(=NC)N1CCC(CN(CC)C(=O)OC(C)(C)C)CC1. The third-order valence-electron chi connectivity index (χ3n) is 5.28. The van der Waals surface area contributed by atoms with Gasteiger partial charge < -0.3 is 25.2 Å². The van der Waals surface area contributed by atoms with Gasteiger partial charge in [0.1, 0.15) is 5.60 Å². The molecule has 0 bridgehead atoms. The number of rotatable bonds is 7. The number of hydrogen-bond donors (Lipinski definition) is 2. The van der Waals surface area contributed by atoms with E-state index in [2.05, 4.69) is 20.5 Å². The van der Waals surface area contributed by atoms with E-state index in [1.54, 1.807) is 11.9 Å². The number of aliphatic imine (C=N–C) groups is 1. The van der Waals surface area contributed by atoms with Gasteiger partial charge in [-0.25, -0.2) is 4.79 Å². The number of piperidine rings is 1. The van der Waals surface area contributed by atoms with Gasteiger partial charge in [0.2, 0.25) is 5.91 Å². The van der Waals surface area contributed by atoms with Gasteiger partial charge in [0.15, 0.2) is 5.96 Å². The quantitative estimate of drug-likeness (QED) is 0.484. The molecule has 8 nitrogen and oxygen atoms in total. The van der Waals surface area contributed by atoms with E-state index in [0.717, 1.165) is 38.4 Å². The first-order chi connectivity index (χ1) is 13.9. The fourth-order valence-electron chi connectivity index (χ4n) is 3.41. The predicted molar refractivity (Wildman–Crippen MR) is 122 cm³/mol. The Morgan fingerprint density at radius 2 is 1.70 bits per heavy atom. The van der Waals surface area contributed by atoms with Gasteiger partial charge in [0, 0.05) is 46.3 Å². The molecule has 174 valence electrons. The monoisotopic (exact) mass is 425 g/mol. The summed E-state index contributed by atoms with van der Waals surface area (Å²) in [7, 11) is 1.77. The maximum atomic E-state index is 12.4. The molecular formula is C22H43N5O3. The lowest BCUT2D eigenvalue weighted by molar-refractivity contribution is -0.128. The van der Waals surface area contributed by atoms with Gasteiger partial charge in [-0.15, -0.1) is 0 Å². The molecule has 8 heteroatoms. The summed E-state index contributed by atoms with van der Waals surface area (Å²) in [6, 6.07) is 0. The molecule has 0 aromatic rings. The topological polar surface area (TPSA) is 86.3 Å². The van der Waals surface area contributed by atoms with Crippen molar-refractivity contribution in [1.29, 1.82) is 0 Å². The summed E-state index contributed by atoms with van der Waals surface area (Å²) in [5.41, 5.74) is -0.993. The predicted octanol–water partition coefficient (Wildman–Crippen LogP) is 2.69. The minimum absolute atomic E-state index is 0.0356. The molecule has 2 N–H and O–H groups in total. The largest absolute Gasteiger partial charge is 0.444 e. The van der Waals surface area contributed by atoms with Crippen molar-refractivity contribution in [2.24, 2.45) is 16.3 Å². The first-order valence-corrected chi connectivity index (χ1v) is 11.1. The average Bonchev–Trinajstić information content (AvgIpc) is 2.66. The van der Waals surface area contributed by atoms with Crippen molar-refractivity contribution < 1.29 is 14.3 Å². The Kier molecular flexibility index (Phi) is 9.91. The van der Waals surface area contributed by atoms with Crippen LogP contribution in [0.4, 0.5) is 4.79 Å². The lowest BCUT2D eigenvalue weighted by atomic mass is 9.92. The number of guanidine groups is 1. The van der Waals surface area contributed by atoms with Crippen molar-refractivity contribution in [2.75, 3.05) is 46.3 Å². The first kappa shape index (κ1) is 26.0. The molecule has 1 saturated heterocycles. The van der Waals surface area contributed by atoms with Crippen molar-refractivity contribution in [1.82, 2.24) is 20.4 Å². The Morgan fingerprint density at radius 1 is 1.10 bits per heavy atom. The maximum absolute atomic E-state index is 12.4. The van der Waals surface area contributed by atoms with Gasteiger partial charge in [-0.05, 0) is 67.2 Å². The van der Waals surface area contributed by atoms with Crippen LogP contribution in [0.15, 0.2) is 4.99 Å². The van der Waals surface area contributed by atoms with E-state index in [-0.39, 0.29) is 12.0 Å². The molecule has 1 aliphatic heterocycles. The minimum Gasteiger partial charge on any atom is -0.444 e. The number of carbonyl (C=O) groups excluding carboxylic acids is 2. The molecular weight excluding hydrogens is 382 g/mol. The zero-order chi connectivity index (χ0) is 22.9. The molecule has 0 radical (unpaired) electrons. The number of carbonyl (C=O) groups is 2. The van der Waals surface area contributed by atoms with E-state index in [1.807, 2.05) is 48.5 Å². The summed E-state index contributed by atoms with van der Waals surface area (Å²) in [6.07, 6.45) is 1.73. The molecule has 0 aromatic carbocycles. The Morgan fingerprint density at radius 3 is 2.17 bits per heavy atom. The van der Waals surface area contributed by atoms with Crippen LogP contribution in [0.25, 0.3) is 0 Å². The third-order valence-corrected chi connectivity index (χ3v) is 5.28. The number of nitrogens with zero attached hydrogens (tertiary/aromatic N) is 3. The highest BCUT2D eigenvalue weighted by molar-refractivity contribution is 5.84. The van der Waals surface area contributed by atoms with Gasteiger partial charge in [0.25, 0.3) is 0 Å². The average molecular weight is 426 g/mol. The normalized spacial score (nSPS) is 16.3. The van der Waals surface area contributed by atoms with Crippen molar-refractivity contribution in [3.63, 3.8) is 0 Å². The Hall–Kier alpha value is -1.99. The van der Waals surface area contributed by atoms with Gasteiger partial charge in [-0.2, -0.15) is 0 Å². The standard InChI is InChI=1S/C22H43N5O3/c1-9-24-18(28)22(6,7)16-25-19(23-8)27-13-11-17(12-14-27)15-26(10-2)20(29)30-21(3,4)5/h17H,9-16H2,1-8H3,(H,23,25)(H,24,28). The van der Waals surface area contributed by atoms with Crippen molar-refractivity contribution >= 4 is 18.0 Å². The molecule has 1 rings (SSSR count).